The summed E-state index contributed by atoms with van der Waals surface area (Å²) in [5.74, 6) is -0.686. The zero-order valence-corrected chi connectivity index (χ0v) is 7.92. The SMILES string of the molecule is CCC1(C(C)(C)C=O)OCCO1. The maximum Gasteiger partial charge on any atom is 0.179 e. The summed E-state index contributed by atoms with van der Waals surface area (Å²) in [6, 6.07) is 0. The van der Waals surface area contributed by atoms with Gasteiger partial charge in [0.15, 0.2) is 5.79 Å². The molecule has 0 aliphatic carbocycles. The Kier molecular flexibility index (Phi) is 2.54. The number of hydrogen-bond acceptors (Lipinski definition) is 3. The van der Waals surface area contributed by atoms with Gasteiger partial charge in [-0.2, -0.15) is 0 Å². The standard InChI is InChI=1S/C9H16O3/c1-4-9(8(2,3)7-10)11-5-6-12-9/h7H,4-6H2,1-3H3. The molecule has 0 unspecified atom stereocenters. The molecule has 1 heterocycles. The number of ether oxygens (including phenoxy) is 2. The molecule has 1 aliphatic rings. The van der Waals surface area contributed by atoms with Crippen LogP contribution in [-0.4, -0.2) is 25.3 Å². The molecule has 0 saturated carbocycles. The number of hydrogen-bond donors (Lipinski definition) is 0. The predicted molar refractivity (Wildman–Crippen MR) is 44.8 cm³/mol. The fourth-order valence-corrected chi connectivity index (χ4v) is 1.58. The van der Waals surface area contributed by atoms with Crippen LogP contribution in [0, 0.1) is 5.41 Å². The summed E-state index contributed by atoms with van der Waals surface area (Å²) < 4.78 is 11.0. The fourth-order valence-electron chi connectivity index (χ4n) is 1.58. The van der Waals surface area contributed by atoms with Gasteiger partial charge in [0, 0.05) is 0 Å². The van der Waals surface area contributed by atoms with E-state index in [0.29, 0.717) is 19.6 Å². The van der Waals surface area contributed by atoms with E-state index in [9.17, 15) is 4.79 Å². The van der Waals surface area contributed by atoms with Crippen LogP contribution in [0.25, 0.3) is 0 Å². The third-order valence-electron chi connectivity index (χ3n) is 2.50. The summed E-state index contributed by atoms with van der Waals surface area (Å²) in [6.45, 7) is 6.83. The van der Waals surface area contributed by atoms with Crippen molar-refractivity contribution >= 4 is 6.29 Å². The maximum absolute atomic E-state index is 10.8. The maximum atomic E-state index is 10.8. The molecule has 0 aromatic carbocycles. The van der Waals surface area contributed by atoms with Crippen molar-refractivity contribution in [1.29, 1.82) is 0 Å². The van der Waals surface area contributed by atoms with Gasteiger partial charge in [0.05, 0.1) is 18.6 Å². The van der Waals surface area contributed by atoms with Crippen LogP contribution in [0.15, 0.2) is 0 Å². The molecular formula is C9H16O3. The first-order valence-electron chi connectivity index (χ1n) is 4.32. The van der Waals surface area contributed by atoms with Crippen molar-refractivity contribution in [3.05, 3.63) is 0 Å². The quantitative estimate of drug-likeness (QED) is 0.603. The number of rotatable bonds is 3. The summed E-state index contributed by atoms with van der Waals surface area (Å²) in [4.78, 5) is 10.8. The Balaban J connectivity index is 2.85. The van der Waals surface area contributed by atoms with Crippen molar-refractivity contribution < 1.29 is 14.3 Å². The van der Waals surface area contributed by atoms with Crippen LogP contribution in [0.1, 0.15) is 27.2 Å². The van der Waals surface area contributed by atoms with Gasteiger partial charge in [-0.25, -0.2) is 0 Å². The van der Waals surface area contributed by atoms with Gasteiger partial charge in [-0.1, -0.05) is 6.92 Å². The second-order valence-electron chi connectivity index (χ2n) is 3.64. The molecule has 0 radical (unpaired) electrons. The molecule has 0 bridgehead atoms. The molecular weight excluding hydrogens is 156 g/mol. The molecule has 1 saturated heterocycles. The van der Waals surface area contributed by atoms with Crippen molar-refractivity contribution in [3.8, 4) is 0 Å². The first kappa shape index (κ1) is 9.68. The van der Waals surface area contributed by atoms with Crippen molar-refractivity contribution in [3.63, 3.8) is 0 Å². The van der Waals surface area contributed by atoms with Crippen molar-refractivity contribution in [2.75, 3.05) is 13.2 Å². The van der Waals surface area contributed by atoms with Gasteiger partial charge in [0.2, 0.25) is 0 Å². The van der Waals surface area contributed by atoms with Gasteiger partial charge in [-0.15, -0.1) is 0 Å². The molecule has 1 rings (SSSR count). The molecule has 0 aromatic heterocycles. The van der Waals surface area contributed by atoms with Crippen molar-refractivity contribution in [2.45, 2.75) is 33.0 Å². The van der Waals surface area contributed by atoms with E-state index in [4.69, 9.17) is 9.47 Å². The van der Waals surface area contributed by atoms with Crippen LogP contribution in [0.2, 0.25) is 0 Å². The van der Waals surface area contributed by atoms with Crippen LogP contribution in [0.4, 0.5) is 0 Å². The van der Waals surface area contributed by atoms with Crippen LogP contribution in [0.3, 0.4) is 0 Å². The number of aldehydes is 1. The summed E-state index contributed by atoms with van der Waals surface area (Å²) >= 11 is 0. The van der Waals surface area contributed by atoms with E-state index >= 15 is 0 Å². The zero-order valence-electron chi connectivity index (χ0n) is 7.92. The molecule has 0 atom stereocenters. The van der Waals surface area contributed by atoms with Crippen LogP contribution in [0.5, 0.6) is 0 Å². The molecule has 0 amide bonds. The lowest BCUT2D eigenvalue weighted by molar-refractivity contribution is -0.220. The van der Waals surface area contributed by atoms with E-state index in [-0.39, 0.29) is 0 Å². The molecule has 3 heteroatoms. The molecule has 1 fully saturated rings. The third kappa shape index (κ3) is 1.27. The monoisotopic (exact) mass is 172 g/mol. The third-order valence-corrected chi connectivity index (χ3v) is 2.50. The van der Waals surface area contributed by atoms with Gasteiger partial charge >= 0.3 is 0 Å². The minimum Gasteiger partial charge on any atom is -0.347 e. The second-order valence-corrected chi connectivity index (χ2v) is 3.64. The Morgan fingerprint density at radius 2 is 1.92 bits per heavy atom. The molecule has 3 nitrogen and oxygen atoms in total. The number of carbonyl (C=O) groups excluding carboxylic acids is 1. The Bertz CT molecular complexity index is 169. The average molecular weight is 172 g/mol. The average Bonchev–Trinajstić information content (AvgIpc) is 2.53. The summed E-state index contributed by atoms with van der Waals surface area (Å²) in [5, 5.41) is 0. The molecule has 0 N–H and O–H groups in total. The minimum absolute atomic E-state index is 0.557. The van der Waals surface area contributed by atoms with Crippen molar-refractivity contribution in [2.24, 2.45) is 5.41 Å². The summed E-state index contributed by atoms with van der Waals surface area (Å²) in [5.41, 5.74) is -0.557. The Morgan fingerprint density at radius 3 is 2.25 bits per heavy atom. The lowest BCUT2D eigenvalue weighted by Crippen LogP contribution is -2.46. The van der Waals surface area contributed by atoms with Crippen molar-refractivity contribution in [1.82, 2.24) is 0 Å². The van der Waals surface area contributed by atoms with E-state index in [0.717, 1.165) is 6.29 Å². The smallest absolute Gasteiger partial charge is 0.179 e. The van der Waals surface area contributed by atoms with Gasteiger partial charge in [0.25, 0.3) is 0 Å². The van der Waals surface area contributed by atoms with E-state index < -0.39 is 11.2 Å². The molecule has 0 spiro atoms. The Labute approximate surface area is 73.0 Å². The van der Waals surface area contributed by atoms with Gasteiger partial charge in [0.1, 0.15) is 6.29 Å². The fraction of sp³-hybridized carbons (Fsp3) is 0.889. The Morgan fingerprint density at radius 1 is 1.42 bits per heavy atom. The lowest BCUT2D eigenvalue weighted by Gasteiger charge is -2.37. The predicted octanol–water partition coefficient (Wildman–Crippen LogP) is 1.36. The molecule has 70 valence electrons. The highest BCUT2D eigenvalue weighted by molar-refractivity contribution is 5.60. The van der Waals surface area contributed by atoms with Gasteiger partial charge < -0.3 is 14.3 Å². The zero-order chi connectivity index (χ0) is 9.24. The van der Waals surface area contributed by atoms with E-state index in [1.807, 2.05) is 20.8 Å². The highest BCUT2D eigenvalue weighted by Crippen LogP contribution is 2.39. The Hall–Kier alpha value is -0.410. The van der Waals surface area contributed by atoms with Gasteiger partial charge in [-0.3, -0.25) is 0 Å². The lowest BCUT2D eigenvalue weighted by atomic mass is 9.83. The minimum atomic E-state index is -0.686. The molecule has 12 heavy (non-hydrogen) atoms. The van der Waals surface area contributed by atoms with Crippen LogP contribution < -0.4 is 0 Å². The topological polar surface area (TPSA) is 35.5 Å². The summed E-state index contributed by atoms with van der Waals surface area (Å²) in [7, 11) is 0. The second kappa shape index (κ2) is 3.15. The molecule has 0 aromatic rings. The van der Waals surface area contributed by atoms with Crippen LogP contribution >= 0.6 is 0 Å². The normalized spacial score (nSPS) is 22.6. The largest absolute Gasteiger partial charge is 0.347 e. The number of carbonyl (C=O) groups is 1. The highest BCUT2D eigenvalue weighted by Gasteiger charge is 2.48. The first-order chi connectivity index (χ1) is 5.58. The van der Waals surface area contributed by atoms with Crippen LogP contribution in [-0.2, 0) is 14.3 Å². The highest BCUT2D eigenvalue weighted by atomic mass is 16.7. The van der Waals surface area contributed by atoms with Gasteiger partial charge in [-0.05, 0) is 20.3 Å². The molecule has 1 aliphatic heterocycles. The van der Waals surface area contributed by atoms with E-state index in [1.165, 1.54) is 0 Å². The van der Waals surface area contributed by atoms with E-state index in [1.54, 1.807) is 0 Å². The van der Waals surface area contributed by atoms with E-state index in [2.05, 4.69) is 0 Å². The first-order valence-corrected chi connectivity index (χ1v) is 4.32. The summed E-state index contributed by atoms with van der Waals surface area (Å²) in [6.07, 6.45) is 1.61.